The van der Waals surface area contributed by atoms with Crippen LogP contribution in [0.5, 0.6) is 0 Å². The first-order valence-corrected chi connectivity index (χ1v) is 8.20. The molecule has 3 N–H and O–H groups in total. The van der Waals surface area contributed by atoms with Gasteiger partial charge in [0.2, 0.25) is 0 Å². The van der Waals surface area contributed by atoms with E-state index in [1.54, 1.807) is 6.92 Å². The minimum atomic E-state index is -3.61. The Morgan fingerprint density at radius 1 is 1.40 bits per heavy atom. The van der Waals surface area contributed by atoms with Gasteiger partial charge in [-0.1, -0.05) is 13.8 Å². The minimum absolute atomic E-state index is 0.106. The molecule has 1 aromatic rings. The van der Waals surface area contributed by atoms with E-state index in [1.807, 2.05) is 20.8 Å². The van der Waals surface area contributed by atoms with Crippen molar-refractivity contribution in [3.05, 3.63) is 11.8 Å². The van der Waals surface area contributed by atoms with Crippen molar-refractivity contribution in [1.82, 2.24) is 20.2 Å². The van der Waals surface area contributed by atoms with Crippen molar-refractivity contribution in [1.29, 1.82) is 0 Å². The summed E-state index contributed by atoms with van der Waals surface area (Å²) in [5, 5.41) is 9.65. The lowest BCUT2D eigenvalue weighted by atomic mass is 10.3. The number of hydrogen-bond acceptors (Lipinski definition) is 5. The van der Waals surface area contributed by atoms with E-state index in [4.69, 9.17) is 4.74 Å². The molecule has 0 saturated heterocycles. The summed E-state index contributed by atoms with van der Waals surface area (Å²) in [6.07, 6.45) is 1.52. The van der Waals surface area contributed by atoms with Gasteiger partial charge in [0.15, 0.2) is 5.03 Å². The molecule has 0 bridgehead atoms. The molecule has 0 aliphatic heterocycles. The Morgan fingerprint density at radius 3 is 2.70 bits per heavy atom. The molecule has 0 aliphatic rings. The maximum absolute atomic E-state index is 12.3. The van der Waals surface area contributed by atoms with Crippen LogP contribution in [0.15, 0.2) is 11.2 Å². The second kappa shape index (κ2) is 7.72. The predicted molar refractivity (Wildman–Crippen MR) is 76.8 cm³/mol. The normalized spacial score (nSPS) is 13.8. The van der Waals surface area contributed by atoms with Crippen LogP contribution in [-0.4, -0.2) is 43.9 Å². The van der Waals surface area contributed by atoms with Crippen molar-refractivity contribution in [2.24, 2.45) is 0 Å². The average Bonchev–Trinajstić information content (AvgIpc) is 2.82. The van der Waals surface area contributed by atoms with Gasteiger partial charge in [0.1, 0.15) is 0 Å². The molecule has 0 spiro atoms. The molecule has 1 rings (SSSR count). The first kappa shape index (κ1) is 17.1. The number of hydrogen-bond donors (Lipinski definition) is 3. The van der Waals surface area contributed by atoms with Crippen molar-refractivity contribution in [3.8, 4) is 0 Å². The van der Waals surface area contributed by atoms with Crippen LogP contribution in [0, 0.1) is 0 Å². The Hall–Kier alpha value is -0.960. The highest BCUT2D eigenvalue weighted by Gasteiger charge is 2.22. The number of H-pyrrole nitrogens is 1. The zero-order valence-corrected chi connectivity index (χ0v) is 13.3. The van der Waals surface area contributed by atoms with Crippen molar-refractivity contribution < 1.29 is 13.2 Å². The smallest absolute Gasteiger partial charge is 0.258 e. The van der Waals surface area contributed by atoms with Crippen LogP contribution in [-0.2, 0) is 21.3 Å². The van der Waals surface area contributed by atoms with Gasteiger partial charge in [-0.3, -0.25) is 5.10 Å². The van der Waals surface area contributed by atoms with Crippen LogP contribution in [0.1, 0.15) is 33.3 Å². The standard InChI is InChI=1S/C12H24N4O3S/c1-5-19-8-10(4)16-20(17,18)12-11(7-14-15-12)6-13-9(2)3/h7,9-10,13,16H,5-6,8H2,1-4H3,(H,14,15). The molecule has 0 aromatic carbocycles. The van der Waals surface area contributed by atoms with Crippen LogP contribution in [0.25, 0.3) is 0 Å². The zero-order valence-electron chi connectivity index (χ0n) is 12.4. The molecule has 0 amide bonds. The van der Waals surface area contributed by atoms with Gasteiger partial charge >= 0.3 is 0 Å². The predicted octanol–water partition coefficient (Wildman–Crippen LogP) is 0.611. The van der Waals surface area contributed by atoms with Gasteiger partial charge in [0, 0.05) is 30.8 Å². The first-order valence-electron chi connectivity index (χ1n) is 6.72. The summed E-state index contributed by atoms with van der Waals surface area (Å²) in [6, 6.07) is -0.0283. The van der Waals surface area contributed by atoms with Crippen molar-refractivity contribution in [2.45, 2.75) is 51.3 Å². The van der Waals surface area contributed by atoms with Gasteiger partial charge in [0.05, 0.1) is 12.8 Å². The van der Waals surface area contributed by atoms with Crippen LogP contribution in [0.3, 0.4) is 0 Å². The highest BCUT2D eigenvalue weighted by atomic mass is 32.2. The summed E-state index contributed by atoms with van der Waals surface area (Å²) >= 11 is 0. The Labute approximate surface area is 120 Å². The molecule has 0 aliphatic carbocycles. The lowest BCUT2D eigenvalue weighted by Crippen LogP contribution is -2.36. The monoisotopic (exact) mass is 304 g/mol. The third-order valence-corrected chi connectivity index (χ3v) is 4.18. The summed E-state index contributed by atoms with van der Waals surface area (Å²) in [5.41, 5.74) is 0.620. The first-order chi connectivity index (χ1) is 9.36. The van der Waals surface area contributed by atoms with Gasteiger partial charge < -0.3 is 10.1 Å². The number of ether oxygens (including phenoxy) is 1. The van der Waals surface area contributed by atoms with Crippen LogP contribution in [0.2, 0.25) is 0 Å². The molecule has 1 aromatic heterocycles. The fraction of sp³-hybridized carbons (Fsp3) is 0.750. The number of rotatable bonds is 9. The molecule has 1 atom stereocenters. The van der Waals surface area contributed by atoms with Crippen molar-refractivity contribution in [3.63, 3.8) is 0 Å². The van der Waals surface area contributed by atoms with Crippen LogP contribution < -0.4 is 10.0 Å². The summed E-state index contributed by atoms with van der Waals surface area (Å²) in [4.78, 5) is 0. The average molecular weight is 304 g/mol. The third kappa shape index (κ3) is 5.20. The van der Waals surface area contributed by atoms with Crippen molar-refractivity contribution in [2.75, 3.05) is 13.2 Å². The quantitative estimate of drug-likeness (QED) is 0.621. The van der Waals surface area contributed by atoms with E-state index >= 15 is 0 Å². The van der Waals surface area contributed by atoms with E-state index in [2.05, 4.69) is 20.2 Å². The van der Waals surface area contributed by atoms with E-state index in [9.17, 15) is 8.42 Å². The van der Waals surface area contributed by atoms with Gasteiger partial charge in [-0.25, -0.2) is 13.1 Å². The summed E-state index contributed by atoms with van der Waals surface area (Å²) < 4.78 is 32.3. The summed E-state index contributed by atoms with van der Waals surface area (Å²) in [6.45, 7) is 8.96. The molecule has 7 nitrogen and oxygen atoms in total. The van der Waals surface area contributed by atoms with Gasteiger partial charge in [-0.2, -0.15) is 5.10 Å². The molecule has 0 fully saturated rings. The molecular weight excluding hydrogens is 280 g/mol. The third-order valence-electron chi connectivity index (χ3n) is 2.58. The fourth-order valence-electron chi connectivity index (χ4n) is 1.62. The SMILES string of the molecule is CCOCC(C)NS(=O)(=O)c1[nH]ncc1CNC(C)C. The number of aromatic nitrogens is 2. The molecule has 0 saturated carbocycles. The minimum Gasteiger partial charge on any atom is -0.380 e. The molecule has 20 heavy (non-hydrogen) atoms. The van der Waals surface area contributed by atoms with Crippen LogP contribution >= 0.6 is 0 Å². The second-order valence-electron chi connectivity index (χ2n) is 4.94. The molecule has 116 valence electrons. The molecular formula is C12H24N4O3S. The summed E-state index contributed by atoms with van der Waals surface area (Å²) in [5.74, 6) is 0. The highest BCUT2D eigenvalue weighted by Crippen LogP contribution is 2.12. The zero-order chi connectivity index (χ0) is 15.2. The molecule has 8 heteroatoms. The number of sulfonamides is 1. The van der Waals surface area contributed by atoms with E-state index in [0.29, 0.717) is 25.3 Å². The lowest BCUT2D eigenvalue weighted by molar-refractivity contribution is 0.133. The van der Waals surface area contributed by atoms with Gasteiger partial charge in [-0.05, 0) is 13.8 Å². The van der Waals surface area contributed by atoms with Crippen LogP contribution in [0.4, 0.5) is 0 Å². The number of nitrogens with zero attached hydrogens (tertiary/aromatic N) is 1. The second-order valence-corrected chi connectivity index (χ2v) is 6.59. The fourth-order valence-corrected chi connectivity index (χ4v) is 2.98. The molecule has 0 radical (unpaired) electrons. The van der Waals surface area contributed by atoms with E-state index in [0.717, 1.165) is 0 Å². The summed E-state index contributed by atoms with van der Waals surface area (Å²) in [7, 11) is -3.61. The Balaban J connectivity index is 2.74. The highest BCUT2D eigenvalue weighted by molar-refractivity contribution is 7.89. The molecule has 1 unspecified atom stereocenters. The Morgan fingerprint density at radius 2 is 2.10 bits per heavy atom. The van der Waals surface area contributed by atoms with Gasteiger partial charge in [0.25, 0.3) is 10.0 Å². The Kier molecular flexibility index (Phi) is 6.60. The van der Waals surface area contributed by atoms with E-state index in [-0.39, 0.29) is 17.1 Å². The molecule has 1 heterocycles. The maximum Gasteiger partial charge on any atom is 0.258 e. The van der Waals surface area contributed by atoms with Crippen molar-refractivity contribution >= 4 is 10.0 Å². The lowest BCUT2D eigenvalue weighted by Gasteiger charge is -2.14. The number of aromatic amines is 1. The van der Waals surface area contributed by atoms with Gasteiger partial charge in [-0.15, -0.1) is 0 Å². The Bertz CT molecular complexity index is 499. The maximum atomic E-state index is 12.3. The largest absolute Gasteiger partial charge is 0.380 e. The van der Waals surface area contributed by atoms with E-state index < -0.39 is 10.0 Å². The number of nitrogens with one attached hydrogen (secondary N) is 3. The topological polar surface area (TPSA) is 96.1 Å². The van der Waals surface area contributed by atoms with E-state index in [1.165, 1.54) is 6.20 Å².